The normalized spacial score (nSPS) is 10.1. The van der Waals surface area contributed by atoms with E-state index < -0.39 is 0 Å². The quantitative estimate of drug-likeness (QED) is 0.911. The lowest BCUT2D eigenvalue weighted by Crippen LogP contribution is -2.04. The first-order valence-corrected chi connectivity index (χ1v) is 6.48. The lowest BCUT2D eigenvalue weighted by Gasteiger charge is -2.07. The second kappa shape index (κ2) is 5.27. The van der Waals surface area contributed by atoms with Crippen LogP contribution in [0.2, 0.25) is 0 Å². The van der Waals surface area contributed by atoms with Crippen LogP contribution in [0.4, 0.5) is 11.8 Å². The van der Waals surface area contributed by atoms with E-state index in [9.17, 15) is 0 Å². The zero-order valence-electron chi connectivity index (χ0n) is 8.70. The number of nitrogens with one attached hydrogen (secondary N) is 2. The van der Waals surface area contributed by atoms with Crippen molar-refractivity contribution < 1.29 is 0 Å². The number of nitrogens with zero attached hydrogens (tertiary/aromatic N) is 2. The molecule has 0 aliphatic carbocycles. The van der Waals surface area contributed by atoms with Crippen molar-refractivity contribution in [2.24, 2.45) is 0 Å². The summed E-state index contributed by atoms with van der Waals surface area (Å²) in [6, 6.07) is 2.09. The summed E-state index contributed by atoms with van der Waals surface area (Å²) in [5.74, 6) is 1.40. The highest BCUT2D eigenvalue weighted by Crippen LogP contribution is 2.20. The molecule has 0 bridgehead atoms. The minimum atomic E-state index is 0.607. The van der Waals surface area contributed by atoms with Crippen LogP contribution < -0.4 is 10.6 Å². The van der Waals surface area contributed by atoms with Gasteiger partial charge in [-0.2, -0.15) is 16.3 Å². The molecule has 0 aliphatic rings. The molecule has 0 radical (unpaired) electrons. The molecule has 0 unspecified atom stereocenters. The first-order chi connectivity index (χ1) is 7.79. The van der Waals surface area contributed by atoms with Crippen LogP contribution in [0.5, 0.6) is 0 Å². The number of hydrogen-bond donors (Lipinski definition) is 2. The molecule has 2 aromatic rings. The Balaban J connectivity index is 2.08. The van der Waals surface area contributed by atoms with Crippen LogP contribution >= 0.6 is 27.3 Å². The van der Waals surface area contributed by atoms with Gasteiger partial charge in [-0.3, -0.25) is 0 Å². The zero-order valence-corrected chi connectivity index (χ0v) is 11.1. The Labute approximate surface area is 106 Å². The molecule has 4 nitrogen and oxygen atoms in total. The average Bonchev–Trinajstić information content (AvgIpc) is 2.81. The molecule has 6 heteroatoms. The molecule has 2 heterocycles. The van der Waals surface area contributed by atoms with Crippen molar-refractivity contribution in [3.63, 3.8) is 0 Å². The maximum atomic E-state index is 4.31. The molecule has 2 rings (SSSR count). The Morgan fingerprint density at radius 3 is 3.06 bits per heavy atom. The van der Waals surface area contributed by atoms with Gasteiger partial charge in [-0.25, -0.2) is 4.98 Å². The van der Waals surface area contributed by atoms with Crippen molar-refractivity contribution in [3.05, 3.63) is 33.1 Å². The number of hydrogen-bond acceptors (Lipinski definition) is 5. The first-order valence-electron chi connectivity index (χ1n) is 4.75. The van der Waals surface area contributed by atoms with Gasteiger partial charge in [-0.1, -0.05) is 0 Å². The SMILES string of the molecule is CNc1ncc(Br)c(NCc2ccsc2)n1. The highest BCUT2D eigenvalue weighted by molar-refractivity contribution is 9.10. The summed E-state index contributed by atoms with van der Waals surface area (Å²) in [6.45, 7) is 0.766. The van der Waals surface area contributed by atoms with E-state index in [1.807, 2.05) is 0 Å². The highest BCUT2D eigenvalue weighted by Gasteiger charge is 2.03. The molecule has 0 aliphatic heterocycles. The molecule has 84 valence electrons. The van der Waals surface area contributed by atoms with E-state index in [2.05, 4.69) is 53.4 Å². The van der Waals surface area contributed by atoms with Gasteiger partial charge < -0.3 is 10.6 Å². The van der Waals surface area contributed by atoms with Gasteiger partial charge in [-0.05, 0) is 38.3 Å². The third kappa shape index (κ3) is 2.70. The molecule has 0 amide bonds. The predicted molar refractivity (Wildman–Crippen MR) is 70.9 cm³/mol. The Hall–Kier alpha value is -1.14. The van der Waals surface area contributed by atoms with Gasteiger partial charge in [0.05, 0.1) is 4.47 Å². The summed E-state index contributed by atoms with van der Waals surface area (Å²) in [6.07, 6.45) is 1.73. The Kier molecular flexibility index (Phi) is 3.74. The molecule has 16 heavy (non-hydrogen) atoms. The minimum Gasteiger partial charge on any atom is -0.365 e. The average molecular weight is 299 g/mol. The van der Waals surface area contributed by atoms with Crippen LogP contribution in [0.25, 0.3) is 0 Å². The Morgan fingerprint density at radius 2 is 2.38 bits per heavy atom. The first kappa shape index (κ1) is 11.3. The summed E-state index contributed by atoms with van der Waals surface area (Å²) < 4.78 is 0.863. The van der Waals surface area contributed by atoms with Gasteiger partial charge in [0.1, 0.15) is 5.82 Å². The molecule has 0 aromatic carbocycles. The predicted octanol–water partition coefficient (Wildman–Crippen LogP) is 2.95. The molecular weight excluding hydrogens is 288 g/mol. The van der Waals surface area contributed by atoms with Crippen LogP contribution in [0.1, 0.15) is 5.56 Å². The standard InChI is InChI=1S/C10H11BrN4S/c1-12-10-14-5-8(11)9(15-10)13-4-7-2-3-16-6-7/h2-3,5-6H,4H2,1H3,(H2,12,13,14,15). The number of halogens is 1. The van der Waals surface area contributed by atoms with E-state index in [0.717, 1.165) is 16.8 Å². The highest BCUT2D eigenvalue weighted by atomic mass is 79.9. The minimum absolute atomic E-state index is 0.607. The van der Waals surface area contributed by atoms with Crippen LogP contribution in [0.3, 0.4) is 0 Å². The Bertz CT molecular complexity index is 458. The largest absolute Gasteiger partial charge is 0.365 e. The summed E-state index contributed by atoms with van der Waals surface area (Å²) in [5.41, 5.74) is 1.25. The van der Waals surface area contributed by atoms with Crippen molar-refractivity contribution >= 4 is 39.0 Å². The van der Waals surface area contributed by atoms with Gasteiger partial charge in [-0.15, -0.1) is 0 Å². The van der Waals surface area contributed by atoms with Crippen molar-refractivity contribution in [2.45, 2.75) is 6.54 Å². The third-order valence-corrected chi connectivity index (χ3v) is 3.32. The maximum Gasteiger partial charge on any atom is 0.224 e. The van der Waals surface area contributed by atoms with Gasteiger partial charge in [0.15, 0.2) is 0 Å². The lowest BCUT2D eigenvalue weighted by molar-refractivity contribution is 1.07. The van der Waals surface area contributed by atoms with Crippen LogP contribution in [-0.2, 0) is 6.54 Å². The summed E-state index contributed by atoms with van der Waals surface area (Å²) in [5, 5.41) is 10.3. The van der Waals surface area contributed by atoms with Crippen LogP contribution in [0, 0.1) is 0 Å². The molecule has 0 saturated heterocycles. The van der Waals surface area contributed by atoms with E-state index in [1.165, 1.54) is 5.56 Å². The van der Waals surface area contributed by atoms with Crippen molar-refractivity contribution in [3.8, 4) is 0 Å². The molecule has 0 fully saturated rings. The lowest BCUT2D eigenvalue weighted by atomic mass is 10.3. The summed E-state index contributed by atoms with van der Waals surface area (Å²) >= 11 is 5.10. The van der Waals surface area contributed by atoms with Crippen molar-refractivity contribution in [1.82, 2.24) is 9.97 Å². The number of thiophene rings is 1. The number of aromatic nitrogens is 2. The van der Waals surface area contributed by atoms with E-state index in [-0.39, 0.29) is 0 Å². The molecule has 2 aromatic heterocycles. The summed E-state index contributed by atoms with van der Waals surface area (Å²) in [4.78, 5) is 8.41. The van der Waals surface area contributed by atoms with Gasteiger partial charge >= 0.3 is 0 Å². The number of rotatable bonds is 4. The van der Waals surface area contributed by atoms with Crippen molar-refractivity contribution in [2.75, 3.05) is 17.7 Å². The molecular formula is C10H11BrN4S. The van der Waals surface area contributed by atoms with E-state index in [1.54, 1.807) is 24.6 Å². The zero-order chi connectivity index (χ0) is 11.4. The third-order valence-electron chi connectivity index (χ3n) is 2.01. The monoisotopic (exact) mass is 298 g/mol. The van der Waals surface area contributed by atoms with Crippen molar-refractivity contribution in [1.29, 1.82) is 0 Å². The molecule has 2 N–H and O–H groups in total. The fourth-order valence-electron chi connectivity index (χ4n) is 1.19. The van der Waals surface area contributed by atoms with Crippen LogP contribution in [-0.4, -0.2) is 17.0 Å². The van der Waals surface area contributed by atoms with Gasteiger partial charge in [0.2, 0.25) is 5.95 Å². The van der Waals surface area contributed by atoms with Crippen LogP contribution in [0.15, 0.2) is 27.5 Å². The Morgan fingerprint density at radius 1 is 1.50 bits per heavy atom. The van der Waals surface area contributed by atoms with Gasteiger partial charge in [0.25, 0.3) is 0 Å². The summed E-state index contributed by atoms with van der Waals surface area (Å²) in [7, 11) is 1.80. The maximum absolute atomic E-state index is 4.31. The van der Waals surface area contributed by atoms with E-state index >= 15 is 0 Å². The van der Waals surface area contributed by atoms with Gasteiger partial charge in [0, 0.05) is 19.8 Å². The molecule has 0 spiro atoms. The van der Waals surface area contributed by atoms with E-state index in [4.69, 9.17) is 0 Å². The second-order valence-electron chi connectivity index (χ2n) is 3.13. The second-order valence-corrected chi connectivity index (χ2v) is 4.76. The van der Waals surface area contributed by atoms with E-state index in [0.29, 0.717) is 5.95 Å². The smallest absolute Gasteiger partial charge is 0.224 e. The molecule has 0 atom stereocenters. The molecule has 0 saturated carbocycles. The number of anilines is 2. The fraction of sp³-hybridized carbons (Fsp3) is 0.200. The fourth-order valence-corrected chi connectivity index (χ4v) is 2.19. The topological polar surface area (TPSA) is 49.8 Å².